The van der Waals surface area contributed by atoms with Crippen LogP contribution >= 0.6 is 0 Å². The summed E-state index contributed by atoms with van der Waals surface area (Å²) in [6.07, 6.45) is 7.87. The maximum atomic E-state index is 10.4. The normalized spacial score (nSPS) is 31.8. The monoisotopic (exact) mass is 209 g/mol. The van der Waals surface area contributed by atoms with Crippen molar-refractivity contribution in [3.63, 3.8) is 0 Å². The fourth-order valence-corrected chi connectivity index (χ4v) is 2.41. The first-order chi connectivity index (χ1) is 7.09. The second-order valence-corrected chi connectivity index (χ2v) is 4.71. The second-order valence-electron chi connectivity index (χ2n) is 4.71. The van der Waals surface area contributed by atoms with Crippen molar-refractivity contribution in [1.82, 2.24) is 9.55 Å². The van der Waals surface area contributed by atoms with Crippen LogP contribution in [0.15, 0.2) is 12.4 Å². The van der Waals surface area contributed by atoms with Crippen LogP contribution in [0.1, 0.15) is 31.5 Å². The highest BCUT2D eigenvalue weighted by atomic mass is 16.3. The first-order valence-electron chi connectivity index (χ1n) is 5.53. The van der Waals surface area contributed by atoms with Crippen LogP contribution in [-0.2, 0) is 13.5 Å². The zero-order chi connectivity index (χ0) is 10.9. The van der Waals surface area contributed by atoms with Crippen LogP contribution in [0.25, 0.3) is 0 Å². The third-order valence-corrected chi connectivity index (χ3v) is 3.27. The van der Waals surface area contributed by atoms with Gasteiger partial charge in [0.2, 0.25) is 0 Å². The molecule has 3 N–H and O–H groups in total. The first-order valence-corrected chi connectivity index (χ1v) is 5.53. The van der Waals surface area contributed by atoms with Crippen LogP contribution in [0.4, 0.5) is 0 Å². The Hall–Kier alpha value is -0.870. The molecule has 0 aromatic carbocycles. The summed E-state index contributed by atoms with van der Waals surface area (Å²) in [7, 11) is 1.95. The summed E-state index contributed by atoms with van der Waals surface area (Å²) in [5.41, 5.74) is 5.25. The molecule has 4 nitrogen and oxygen atoms in total. The molecule has 1 aromatic heterocycles. The molecular weight excluding hydrogens is 190 g/mol. The highest BCUT2D eigenvalue weighted by Gasteiger charge is 2.33. The van der Waals surface area contributed by atoms with E-state index >= 15 is 0 Å². The molecule has 0 bridgehead atoms. The van der Waals surface area contributed by atoms with Crippen molar-refractivity contribution >= 4 is 0 Å². The summed E-state index contributed by atoms with van der Waals surface area (Å²) in [6.45, 7) is 0. The van der Waals surface area contributed by atoms with Gasteiger partial charge in [-0.1, -0.05) is 0 Å². The summed E-state index contributed by atoms with van der Waals surface area (Å²) in [5, 5.41) is 10.4. The van der Waals surface area contributed by atoms with E-state index in [2.05, 4.69) is 4.98 Å². The number of aliphatic hydroxyl groups is 1. The minimum absolute atomic E-state index is 0.143. The van der Waals surface area contributed by atoms with E-state index in [9.17, 15) is 5.11 Å². The van der Waals surface area contributed by atoms with Crippen molar-refractivity contribution in [2.24, 2.45) is 12.8 Å². The lowest BCUT2D eigenvalue weighted by Gasteiger charge is -2.35. The second kappa shape index (κ2) is 3.94. The zero-order valence-electron chi connectivity index (χ0n) is 9.19. The Morgan fingerprint density at radius 3 is 3.13 bits per heavy atom. The van der Waals surface area contributed by atoms with Gasteiger partial charge >= 0.3 is 0 Å². The number of imidazole rings is 1. The van der Waals surface area contributed by atoms with Crippen LogP contribution < -0.4 is 5.73 Å². The number of hydrogen-bond acceptors (Lipinski definition) is 3. The Kier molecular flexibility index (Phi) is 2.80. The number of hydrogen-bond donors (Lipinski definition) is 2. The molecule has 0 spiro atoms. The fourth-order valence-electron chi connectivity index (χ4n) is 2.41. The molecule has 1 aliphatic carbocycles. The Morgan fingerprint density at radius 2 is 2.53 bits per heavy atom. The van der Waals surface area contributed by atoms with E-state index in [1.165, 1.54) is 0 Å². The van der Waals surface area contributed by atoms with Crippen molar-refractivity contribution in [1.29, 1.82) is 0 Å². The lowest BCUT2D eigenvalue weighted by molar-refractivity contribution is -0.00405. The molecule has 2 unspecified atom stereocenters. The largest absolute Gasteiger partial charge is 0.389 e. The third kappa shape index (κ3) is 2.38. The number of rotatable bonds is 2. The molecule has 0 aliphatic heterocycles. The summed E-state index contributed by atoms with van der Waals surface area (Å²) in [4.78, 5) is 4.24. The third-order valence-electron chi connectivity index (χ3n) is 3.27. The van der Waals surface area contributed by atoms with E-state index in [-0.39, 0.29) is 6.04 Å². The van der Waals surface area contributed by atoms with E-state index in [1.54, 1.807) is 6.20 Å². The van der Waals surface area contributed by atoms with Crippen molar-refractivity contribution in [2.45, 2.75) is 43.7 Å². The van der Waals surface area contributed by atoms with Crippen LogP contribution in [0.5, 0.6) is 0 Å². The Balaban J connectivity index is 2.07. The van der Waals surface area contributed by atoms with Gasteiger partial charge in [-0.05, 0) is 25.7 Å². The first kappa shape index (κ1) is 10.6. The summed E-state index contributed by atoms with van der Waals surface area (Å²) < 4.78 is 1.96. The molecule has 2 rings (SSSR count). The standard InChI is InChI=1S/C11H19N3O/c1-14-6-5-13-10(14)8-11(15)4-2-3-9(12)7-11/h5-6,9,15H,2-4,7-8,12H2,1H3. The van der Waals surface area contributed by atoms with Gasteiger partial charge in [0.15, 0.2) is 0 Å². The molecule has 15 heavy (non-hydrogen) atoms. The Bertz CT molecular complexity index is 336. The molecular formula is C11H19N3O. The molecule has 0 radical (unpaired) electrons. The topological polar surface area (TPSA) is 64.1 Å². The van der Waals surface area contributed by atoms with Gasteiger partial charge in [0, 0.05) is 31.9 Å². The highest BCUT2D eigenvalue weighted by molar-refractivity contribution is 5.00. The van der Waals surface area contributed by atoms with Gasteiger partial charge in [0.05, 0.1) is 5.60 Å². The van der Waals surface area contributed by atoms with Crippen LogP contribution in [-0.4, -0.2) is 26.3 Å². The summed E-state index contributed by atoms with van der Waals surface area (Å²) >= 11 is 0. The van der Waals surface area contributed by atoms with E-state index in [0.29, 0.717) is 12.8 Å². The van der Waals surface area contributed by atoms with Crippen molar-refractivity contribution in [3.05, 3.63) is 18.2 Å². The SMILES string of the molecule is Cn1ccnc1CC1(O)CCCC(N)C1. The van der Waals surface area contributed by atoms with Crippen molar-refractivity contribution < 1.29 is 5.11 Å². The molecule has 0 amide bonds. The van der Waals surface area contributed by atoms with E-state index < -0.39 is 5.60 Å². The molecule has 1 aromatic rings. The number of aryl methyl sites for hydroxylation is 1. The van der Waals surface area contributed by atoms with Crippen LogP contribution in [0.3, 0.4) is 0 Å². The molecule has 4 heteroatoms. The molecule has 1 fully saturated rings. The Labute approximate surface area is 90.1 Å². The fraction of sp³-hybridized carbons (Fsp3) is 0.727. The average molecular weight is 209 g/mol. The minimum atomic E-state index is -0.642. The zero-order valence-corrected chi connectivity index (χ0v) is 9.19. The predicted molar refractivity (Wildman–Crippen MR) is 58.3 cm³/mol. The van der Waals surface area contributed by atoms with Crippen LogP contribution in [0, 0.1) is 0 Å². The number of nitrogens with zero attached hydrogens (tertiary/aromatic N) is 2. The Morgan fingerprint density at radius 1 is 1.73 bits per heavy atom. The van der Waals surface area contributed by atoms with Crippen LogP contribution in [0.2, 0.25) is 0 Å². The predicted octanol–water partition coefficient (Wildman–Crippen LogP) is 0.595. The van der Waals surface area contributed by atoms with Gasteiger partial charge in [0.25, 0.3) is 0 Å². The molecule has 84 valence electrons. The van der Waals surface area contributed by atoms with Gasteiger partial charge in [0.1, 0.15) is 5.82 Å². The van der Waals surface area contributed by atoms with Gasteiger partial charge in [-0.25, -0.2) is 4.98 Å². The molecule has 1 saturated carbocycles. The van der Waals surface area contributed by atoms with Gasteiger partial charge < -0.3 is 15.4 Å². The van der Waals surface area contributed by atoms with Gasteiger partial charge in [-0.2, -0.15) is 0 Å². The van der Waals surface area contributed by atoms with Gasteiger partial charge in [-0.15, -0.1) is 0 Å². The van der Waals surface area contributed by atoms with Crippen molar-refractivity contribution in [3.8, 4) is 0 Å². The summed E-state index contributed by atoms with van der Waals surface area (Å²) in [5.74, 6) is 0.937. The lowest BCUT2D eigenvalue weighted by Crippen LogP contribution is -2.43. The molecule has 0 saturated heterocycles. The lowest BCUT2D eigenvalue weighted by atomic mass is 9.80. The van der Waals surface area contributed by atoms with E-state index in [4.69, 9.17) is 5.73 Å². The quantitative estimate of drug-likeness (QED) is 0.749. The highest BCUT2D eigenvalue weighted by Crippen LogP contribution is 2.30. The number of nitrogens with two attached hydrogens (primary N) is 1. The van der Waals surface area contributed by atoms with Gasteiger partial charge in [-0.3, -0.25) is 0 Å². The molecule has 1 heterocycles. The van der Waals surface area contributed by atoms with Crippen molar-refractivity contribution in [2.75, 3.05) is 0 Å². The number of aromatic nitrogens is 2. The maximum Gasteiger partial charge on any atom is 0.111 e. The summed E-state index contributed by atoms with van der Waals surface area (Å²) in [6, 6.07) is 0.143. The average Bonchev–Trinajstić information content (AvgIpc) is 2.50. The van der Waals surface area contributed by atoms with E-state index in [1.807, 2.05) is 17.8 Å². The molecule has 1 aliphatic rings. The maximum absolute atomic E-state index is 10.4. The minimum Gasteiger partial charge on any atom is -0.389 e. The smallest absolute Gasteiger partial charge is 0.111 e. The molecule has 2 atom stereocenters. The van der Waals surface area contributed by atoms with E-state index in [0.717, 1.165) is 25.1 Å².